The Hall–Kier alpha value is -1.30. The van der Waals surface area contributed by atoms with Gasteiger partial charge in [0.15, 0.2) is 0 Å². The summed E-state index contributed by atoms with van der Waals surface area (Å²) in [6.45, 7) is 0.549. The van der Waals surface area contributed by atoms with Gasteiger partial charge >= 0.3 is 5.96 Å². The minimum Gasteiger partial charge on any atom is -0.492 e. The van der Waals surface area contributed by atoms with Gasteiger partial charge in [-0.1, -0.05) is 6.07 Å². The molecule has 1 aromatic rings. The maximum atomic E-state index is 11.9. The van der Waals surface area contributed by atoms with E-state index in [-0.39, 0.29) is 20.1 Å². The molecule has 6 heteroatoms. The lowest BCUT2D eigenvalue weighted by Gasteiger charge is -2.08. The number of benzene rings is 1. The van der Waals surface area contributed by atoms with Crippen LogP contribution in [0.3, 0.4) is 0 Å². The molecule has 4 nitrogen and oxygen atoms in total. The van der Waals surface area contributed by atoms with Gasteiger partial charge in [0.1, 0.15) is 5.75 Å². The molecule has 0 amide bonds. The van der Waals surface area contributed by atoms with Gasteiger partial charge in [-0.25, -0.2) is 0 Å². The van der Waals surface area contributed by atoms with Gasteiger partial charge in [0.05, 0.1) is 24.3 Å². The van der Waals surface area contributed by atoms with E-state index in [9.17, 15) is 4.39 Å². The second kappa shape index (κ2) is 8.74. The van der Waals surface area contributed by atoms with Crippen LogP contribution in [0.25, 0.3) is 0 Å². The lowest BCUT2D eigenvalue weighted by atomic mass is 10.2. The highest BCUT2D eigenvalue weighted by molar-refractivity contribution is 9.10. The second-order valence-electron chi connectivity index (χ2n) is 3.46. The third kappa shape index (κ3) is 5.86. The van der Waals surface area contributed by atoms with Gasteiger partial charge < -0.3 is 12.2 Å². The molecule has 0 heterocycles. The minimum atomic E-state index is -0.370. The molecule has 0 atom stereocenters. The molecule has 0 saturated heterocycles. The van der Waals surface area contributed by atoms with Crippen LogP contribution in [0, 0.1) is 7.43 Å². The van der Waals surface area contributed by atoms with E-state index in [2.05, 4.69) is 20.9 Å². The predicted octanol–water partition coefficient (Wildman–Crippen LogP) is 0.492. The zero-order chi connectivity index (χ0) is 12.7. The second-order valence-corrected chi connectivity index (χ2v) is 4.32. The molecule has 0 unspecified atom stereocenters. The van der Waals surface area contributed by atoms with Gasteiger partial charge in [-0.2, -0.15) is 0 Å². The third-order valence-electron chi connectivity index (χ3n) is 2.03. The maximum absolute atomic E-state index is 11.9. The van der Waals surface area contributed by atoms with E-state index >= 15 is 0 Å². The highest BCUT2D eigenvalue weighted by Crippen LogP contribution is 2.25. The number of hydrogen-bond acceptors (Lipinski definition) is 1. The molecular formula is C12H19BrFN3O. The molecular weight excluding hydrogens is 301 g/mol. The Morgan fingerprint density at radius 3 is 2.67 bits per heavy atom. The molecule has 0 saturated carbocycles. The van der Waals surface area contributed by atoms with Crippen LogP contribution in [0.2, 0.25) is 0 Å². The summed E-state index contributed by atoms with van der Waals surface area (Å²) in [5.41, 5.74) is 11.6. The number of hydrogen-bond donors (Lipinski definition) is 3. The van der Waals surface area contributed by atoms with Crippen molar-refractivity contribution in [2.45, 2.75) is 13.0 Å². The van der Waals surface area contributed by atoms with Gasteiger partial charge in [0, 0.05) is 6.42 Å². The molecule has 1 aromatic carbocycles. The Labute approximate surface area is 115 Å². The van der Waals surface area contributed by atoms with E-state index < -0.39 is 0 Å². The van der Waals surface area contributed by atoms with Crippen LogP contribution < -0.4 is 21.2 Å². The zero-order valence-corrected chi connectivity index (χ0v) is 12.0. The summed E-state index contributed by atoms with van der Waals surface area (Å²) in [7, 11) is 0. The van der Waals surface area contributed by atoms with E-state index in [0.29, 0.717) is 25.3 Å². The Kier molecular flexibility index (Phi) is 8.11. The van der Waals surface area contributed by atoms with E-state index in [1.54, 1.807) is 0 Å². The fraction of sp³-hybridized carbons (Fsp3) is 0.333. The lowest BCUT2D eigenvalue weighted by molar-refractivity contribution is -0.477. The topological polar surface area (TPSA) is 75.2 Å². The Bertz CT molecular complexity index is 395. The van der Waals surface area contributed by atoms with Crippen molar-refractivity contribution in [3.05, 3.63) is 35.7 Å². The molecule has 0 bridgehead atoms. The van der Waals surface area contributed by atoms with E-state index in [0.717, 1.165) is 10.0 Å². The van der Waals surface area contributed by atoms with Gasteiger partial charge in [-0.15, -0.1) is 0 Å². The van der Waals surface area contributed by atoms with Crippen LogP contribution in [0.4, 0.5) is 4.39 Å². The normalized spacial score (nSPS) is 9.44. The van der Waals surface area contributed by atoms with Gasteiger partial charge in [0.25, 0.3) is 0 Å². The molecule has 0 spiro atoms. The SMILES string of the molecule is NC(N)=[NH+]Cc1ccc(OCCCF)c(Br)c1.[CH3-]. The summed E-state index contributed by atoms with van der Waals surface area (Å²) in [5, 5.41) is 0. The van der Waals surface area contributed by atoms with Crippen LogP contribution in [-0.2, 0) is 6.54 Å². The number of alkyl halides is 1. The monoisotopic (exact) mass is 319 g/mol. The Morgan fingerprint density at radius 1 is 1.39 bits per heavy atom. The summed E-state index contributed by atoms with van der Waals surface area (Å²) in [4.78, 5) is 2.82. The van der Waals surface area contributed by atoms with E-state index in [1.807, 2.05) is 18.2 Å². The van der Waals surface area contributed by atoms with Crippen LogP contribution in [0.15, 0.2) is 22.7 Å². The summed E-state index contributed by atoms with van der Waals surface area (Å²) >= 11 is 3.39. The predicted molar refractivity (Wildman–Crippen MR) is 74.7 cm³/mol. The zero-order valence-electron chi connectivity index (χ0n) is 10.4. The van der Waals surface area contributed by atoms with Crippen molar-refractivity contribution in [1.29, 1.82) is 0 Å². The fourth-order valence-corrected chi connectivity index (χ4v) is 1.75. The number of rotatable bonds is 6. The van der Waals surface area contributed by atoms with Crippen LogP contribution >= 0.6 is 15.9 Å². The van der Waals surface area contributed by atoms with Crippen molar-refractivity contribution in [2.24, 2.45) is 11.5 Å². The first-order valence-electron chi connectivity index (χ1n) is 5.22. The smallest absolute Gasteiger partial charge is 0.339 e. The molecule has 0 aliphatic carbocycles. The number of ether oxygens (including phenoxy) is 1. The Balaban J connectivity index is 0.00000289. The number of guanidine groups is 1. The minimum absolute atomic E-state index is 0. The summed E-state index contributed by atoms with van der Waals surface area (Å²) in [6, 6.07) is 5.62. The fourth-order valence-electron chi connectivity index (χ4n) is 1.21. The molecule has 0 aromatic heterocycles. The van der Waals surface area contributed by atoms with Gasteiger partial charge in [0.2, 0.25) is 0 Å². The molecule has 0 fully saturated rings. The summed E-state index contributed by atoms with van der Waals surface area (Å²) in [6.07, 6.45) is 0.397. The molecule has 102 valence electrons. The maximum Gasteiger partial charge on any atom is 0.339 e. The first kappa shape index (κ1) is 16.7. The average Bonchev–Trinajstić information content (AvgIpc) is 2.29. The van der Waals surface area contributed by atoms with Crippen LogP contribution in [0.1, 0.15) is 12.0 Å². The van der Waals surface area contributed by atoms with E-state index in [1.165, 1.54) is 0 Å². The van der Waals surface area contributed by atoms with E-state index in [4.69, 9.17) is 16.2 Å². The van der Waals surface area contributed by atoms with Crippen LogP contribution in [0.5, 0.6) is 5.75 Å². The molecule has 5 N–H and O–H groups in total. The lowest BCUT2D eigenvalue weighted by Crippen LogP contribution is -2.76. The van der Waals surface area contributed by atoms with Gasteiger partial charge in [-0.3, -0.25) is 20.9 Å². The van der Waals surface area contributed by atoms with Crippen molar-refractivity contribution >= 4 is 21.9 Å². The number of nitrogens with two attached hydrogens (primary N) is 2. The summed E-state index contributed by atoms with van der Waals surface area (Å²) in [5.74, 6) is 0.885. The average molecular weight is 320 g/mol. The quantitative estimate of drug-likeness (QED) is 0.309. The first-order valence-corrected chi connectivity index (χ1v) is 6.01. The number of halogens is 2. The highest BCUT2D eigenvalue weighted by atomic mass is 79.9. The summed E-state index contributed by atoms with van der Waals surface area (Å²) < 4.78 is 18.1. The third-order valence-corrected chi connectivity index (χ3v) is 2.65. The van der Waals surface area contributed by atoms with Crippen molar-refractivity contribution in [2.75, 3.05) is 13.3 Å². The van der Waals surface area contributed by atoms with Crippen molar-refractivity contribution in [3.8, 4) is 5.75 Å². The molecule has 0 aliphatic heterocycles. The van der Waals surface area contributed by atoms with Crippen LogP contribution in [-0.4, -0.2) is 19.2 Å². The van der Waals surface area contributed by atoms with Crippen molar-refractivity contribution < 1.29 is 14.1 Å². The molecule has 0 radical (unpaired) electrons. The highest BCUT2D eigenvalue weighted by Gasteiger charge is 2.03. The molecule has 1 rings (SSSR count). The molecule has 0 aliphatic rings. The van der Waals surface area contributed by atoms with Crippen molar-refractivity contribution in [1.82, 2.24) is 0 Å². The Morgan fingerprint density at radius 2 is 2.11 bits per heavy atom. The molecule has 18 heavy (non-hydrogen) atoms. The first-order chi connectivity index (χ1) is 8.13. The largest absolute Gasteiger partial charge is 0.492 e. The van der Waals surface area contributed by atoms with Crippen molar-refractivity contribution in [3.63, 3.8) is 0 Å². The van der Waals surface area contributed by atoms with Gasteiger partial charge in [-0.05, 0) is 33.6 Å². The number of nitrogens with one attached hydrogen (secondary N) is 1. The standard InChI is InChI=1S/C11H15BrFN3O.CH3/c12-9-6-8(7-16-11(14)15)2-3-10(9)17-5-1-4-13;/h2-3,6H,1,4-5,7H2,(H4,14,15,16);1H3/q;-1/p+1.